The number of nitrogens with zero attached hydrogens (tertiary/aromatic N) is 1. The van der Waals surface area contributed by atoms with Crippen LogP contribution in [0.15, 0.2) is 0 Å². The molecule has 1 heterocycles. The molecule has 0 saturated carbocycles. The summed E-state index contributed by atoms with van der Waals surface area (Å²) < 4.78 is 5.31. The van der Waals surface area contributed by atoms with Gasteiger partial charge in [-0.25, -0.2) is 0 Å². The number of hydrogen-bond acceptors (Lipinski definition) is 4. The first-order valence-electron chi connectivity index (χ1n) is 6.75. The second-order valence-corrected chi connectivity index (χ2v) is 5.26. The van der Waals surface area contributed by atoms with Gasteiger partial charge in [0.2, 0.25) is 0 Å². The smallest absolute Gasteiger partial charge is 0.323 e. The number of hydrogen-bond donors (Lipinski definition) is 2. The van der Waals surface area contributed by atoms with Crippen LogP contribution in [-0.2, 0) is 9.53 Å². The average molecular weight is 258 g/mol. The molecule has 106 valence electrons. The summed E-state index contributed by atoms with van der Waals surface area (Å²) >= 11 is 0. The lowest BCUT2D eigenvalue weighted by Gasteiger charge is -2.28. The maximum Gasteiger partial charge on any atom is 0.323 e. The molecule has 0 amide bonds. The van der Waals surface area contributed by atoms with Crippen molar-refractivity contribution >= 4 is 5.97 Å². The van der Waals surface area contributed by atoms with Gasteiger partial charge in [-0.3, -0.25) is 4.79 Å². The first-order chi connectivity index (χ1) is 8.51. The van der Waals surface area contributed by atoms with Crippen LogP contribution in [0.2, 0.25) is 0 Å². The largest absolute Gasteiger partial charge is 0.480 e. The van der Waals surface area contributed by atoms with Crippen molar-refractivity contribution < 1.29 is 14.6 Å². The van der Waals surface area contributed by atoms with Crippen LogP contribution in [-0.4, -0.2) is 60.9 Å². The minimum atomic E-state index is -0.818. The highest BCUT2D eigenvalue weighted by Crippen LogP contribution is 2.16. The lowest BCUT2D eigenvalue weighted by atomic mass is 9.97. The normalized spacial score (nSPS) is 24.1. The summed E-state index contributed by atoms with van der Waals surface area (Å²) in [6.45, 7) is 7.28. The molecule has 18 heavy (non-hydrogen) atoms. The molecule has 5 heteroatoms. The summed E-state index contributed by atoms with van der Waals surface area (Å²) in [5, 5.41) is 12.5. The third-order valence-electron chi connectivity index (χ3n) is 3.73. The highest BCUT2D eigenvalue weighted by Gasteiger charge is 2.33. The quantitative estimate of drug-likeness (QED) is 0.678. The molecular weight excluding hydrogens is 232 g/mol. The highest BCUT2D eigenvalue weighted by molar-refractivity contribution is 5.78. The predicted molar refractivity (Wildman–Crippen MR) is 70.8 cm³/mol. The number of methoxy groups -OCH3 is 1. The van der Waals surface area contributed by atoms with Crippen LogP contribution in [0.1, 0.15) is 33.1 Å². The van der Waals surface area contributed by atoms with Crippen LogP contribution in [0.25, 0.3) is 0 Å². The fourth-order valence-electron chi connectivity index (χ4n) is 2.25. The third kappa shape index (κ3) is 4.23. The maximum absolute atomic E-state index is 11.3. The van der Waals surface area contributed by atoms with Gasteiger partial charge in [-0.15, -0.1) is 0 Å². The zero-order chi connectivity index (χ0) is 13.6. The summed E-state index contributed by atoms with van der Waals surface area (Å²) in [4.78, 5) is 13.6. The Labute approximate surface area is 109 Å². The number of carbonyl (C=O) groups is 1. The molecule has 1 saturated heterocycles. The van der Waals surface area contributed by atoms with E-state index in [0.717, 1.165) is 39.0 Å². The molecule has 2 atom stereocenters. The minimum absolute atomic E-state index is 0.310. The van der Waals surface area contributed by atoms with Crippen molar-refractivity contribution in [2.75, 3.05) is 33.3 Å². The van der Waals surface area contributed by atoms with E-state index in [1.54, 1.807) is 14.0 Å². The number of carboxylic acid groups (broad SMARTS) is 1. The van der Waals surface area contributed by atoms with Crippen molar-refractivity contribution in [2.45, 2.75) is 44.8 Å². The van der Waals surface area contributed by atoms with Gasteiger partial charge >= 0.3 is 5.97 Å². The Hall–Kier alpha value is -0.650. The van der Waals surface area contributed by atoms with E-state index < -0.39 is 11.5 Å². The van der Waals surface area contributed by atoms with Crippen molar-refractivity contribution in [3.05, 3.63) is 0 Å². The van der Waals surface area contributed by atoms with Gasteiger partial charge in [0.25, 0.3) is 0 Å². The fraction of sp³-hybridized carbons (Fsp3) is 0.923. The Morgan fingerprint density at radius 3 is 2.83 bits per heavy atom. The molecule has 1 fully saturated rings. The van der Waals surface area contributed by atoms with Gasteiger partial charge in [-0.1, -0.05) is 6.92 Å². The van der Waals surface area contributed by atoms with Gasteiger partial charge in [0.1, 0.15) is 5.54 Å². The van der Waals surface area contributed by atoms with E-state index in [2.05, 4.69) is 10.2 Å². The van der Waals surface area contributed by atoms with Gasteiger partial charge in [0.05, 0.1) is 6.10 Å². The van der Waals surface area contributed by atoms with E-state index in [0.29, 0.717) is 12.5 Å². The van der Waals surface area contributed by atoms with Crippen molar-refractivity contribution in [3.8, 4) is 0 Å². The number of aliphatic carboxylic acids is 1. The number of likely N-dealkylation sites (tertiary alicyclic amines) is 1. The molecule has 0 bridgehead atoms. The average Bonchev–Trinajstić information content (AvgIpc) is 2.81. The van der Waals surface area contributed by atoms with Gasteiger partial charge in [0.15, 0.2) is 0 Å². The van der Waals surface area contributed by atoms with Crippen LogP contribution in [0.3, 0.4) is 0 Å². The molecule has 0 aromatic rings. The van der Waals surface area contributed by atoms with E-state index in [1.165, 1.54) is 0 Å². The zero-order valence-corrected chi connectivity index (χ0v) is 11.7. The molecule has 2 N–H and O–H groups in total. The topological polar surface area (TPSA) is 61.8 Å². The van der Waals surface area contributed by atoms with Crippen molar-refractivity contribution in [2.24, 2.45) is 0 Å². The second-order valence-electron chi connectivity index (χ2n) is 5.26. The van der Waals surface area contributed by atoms with Crippen LogP contribution in [0.4, 0.5) is 0 Å². The molecular formula is C13H26N2O3. The molecule has 0 spiro atoms. The van der Waals surface area contributed by atoms with E-state index in [4.69, 9.17) is 4.74 Å². The zero-order valence-electron chi connectivity index (χ0n) is 11.7. The Morgan fingerprint density at radius 2 is 2.33 bits per heavy atom. The van der Waals surface area contributed by atoms with Gasteiger partial charge in [0, 0.05) is 26.7 Å². The second kappa shape index (κ2) is 7.07. The van der Waals surface area contributed by atoms with Crippen LogP contribution >= 0.6 is 0 Å². The molecule has 2 unspecified atom stereocenters. The number of ether oxygens (including phenoxy) is 1. The molecule has 1 aliphatic heterocycles. The van der Waals surface area contributed by atoms with Gasteiger partial charge in [-0.2, -0.15) is 0 Å². The van der Waals surface area contributed by atoms with Crippen LogP contribution in [0.5, 0.6) is 0 Å². The van der Waals surface area contributed by atoms with E-state index in [-0.39, 0.29) is 0 Å². The molecule has 1 rings (SSSR count). The molecule has 5 nitrogen and oxygen atoms in total. The minimum Gasteiger partial charge on any atom is -0.480 e. The lowest BCUT2D eigenvalue weighted by Crippen LogP contribution is -2.51. The number of nitrogens with one attached hydrogen (secondary N) is 1. The van der Waals surface area contributed by atoms with Crippen molar-refractivity contribution in [1.82, 2.24) is 10.2 Å². The first kappa shape index (κ1) is 15.4. The maximum atomic E-state index is 11.3. The fourth-order valence-corrected chi connectivity index (χ4v) is 2.25. The lowest BCUT2D eigenvalue weighted by molar-refractivity contribution is -0.144. The number of carboxylic acids is 1. The highest BCUT2D eigenvalue weighted by atomic mass is 16.5. The van der Waals surface area contributed by atoms with Gasteiger partial charge in [-0.05, 0) is 32.7 Å². The SMILES string of the molecule is CCCNC(C)(CCN1CCC(OC)C1)C(=O)O. The summed E-state index contributed by atoms with van der Waals surface area (Å²) in [5.74, 6) is -0.765. The van der Waals surface area contributed by atoms with Gasteiger partial charge < -0.3 is 20.1 Å². The molecule has 0 aromatic heterocycles. The molecule has 0 aromatic carbocycles. The summed E-state index contributed by atoms with van der Waals surface area (Å²) in [7, 11) is 1.73. The first-order valence-corrected chi connectivity index (χ1v) is 6.75. The number of rotatable bonds is 8. The predicted octanol–water partition coefficient (Wildman–Crippen LogP) is 0.940. The van der Waals surface area contributed by atoms with E-state index in [1.807, 2.05) is 6.92 Å². The van der Waals surface area contributed by atoms with E-state index in [9.17, 15) is 9.90 Å². The van der Waals surface area contributed by atoms with Crippen molar-refractivity contribution in [3.63, 3.8) is 0 Å². The monoisotopic (exact) mass is 258 g/mol. The van der Waals surface area contributed by atoms with Crippen molar-refractivity contribution in [1.29, 1.82) is 0 Å². The van der Waals surface area contributed by atoms with Crippen LogP contribution in [0, 0.1) is 0 Å². The summed E-state index contributed by atoms with van der Waals surface area (Å²) in [6, 6.07) is 0. The molecule has 0 aliphatic carbocycles. The van der Waals surface area contributed by atoms with Crippen LogP contribution < -0.4 is 5.32 Å². The standard InChI is InChI=1S/C13H26N2O3/c1-4-7-14-13(2,12(16)17)6-9-15-8-5-11(10-15)18-3/h11,14H,4-10H2,1-3H3,(H,16,17). The Morgan fingerprint density at radius 1 is 1.61 bits per heavy atom. The summed E-state index contributed by atoms with van der Waals surface area (Å²) in [6.07, 6.45) is 2.92. The summed E-state index contributed by atoms with van der Waals surface area (Å²) in [5.41, 5.74) is -0.818. The Balaban J connectivity index is 2.40. The third-order valence-corrected chi connectivity index (χ3v) is 3.73. The van der Waals surface area contributed by atoms with E-state index >= 15 is 0 Å². The molecule has 0 radical (unpaired) electrons. The molecule has 1 aliphatic rings. The Kier molecular flexibility index (Phi) is 6.05. The Bertz CT molecular complexity index is 273.